The molecule has 0 aromatic heterocycles. The summed E-state index contributed by atoms with van der Waals surface area (Å²) in [6.45, 7) is 12.4. The Hall–Kier alpha value is -1.25. The summed E-state index contributed by atoms with van der Waals surface area (Å²) in [5, 5.41) is 13.9. The maximum Gasteiger partial charge on any atom is 0.503 e. The third kappa shape index (κ3) is 13.7. The second-order valence-corrected chi connectivity index (χ2v) is 3.56. The monoisotopic (exact) mass is 186 g/mol. The van der Waals surface area contributed by atoms with Crippen LogP contribution in [0.1, 0.15) is 27.7 Å². The zero-order valence-electron chi connectivity index (χ0n) is 8.66. The summed E-state index contributed by atoms with van der Waals surface area (Å²) in [5.74, 6) is 0. The maximum atomic E-state index is 8.56. The molecule has 0 aliphatic rings. The molecule has 0 rings (SSSR count). The van der Waals surface area contributed by atoms with Gasteiger partial charge >= 0.3 is 6.16 Å². The predicted octanol–water partition coefficient (Wildman–Crippen LogP) is 3.39. The molecule has 0 atom stereocenters. The van der Waals surface area contributed by atoms with Gasteiger partial charge in [0.05, 0.1) is 0 Å². The van der Waals surface area contributed by atoms with Crippen LogP contribution in [-0.2, 0) is 0 Å². The van der Waals surface area contributed by atoms with Gasteiger partial charge in [0.1, 0.15) is 0 Å². The molecule has 0 aliphatic heterocycles. The van der Waals surface area contributed by atoms with Crippen molar-refractivity contribution in [1.82, 2.24) is 0 Å². The fraction of sp³-hybridized carbons (Fsp3) is 0.500. The molecule has 0 bridgehead atoms. The Labute approximate surface area is 79.4 Å². The van der Waals surface area contributed by atoms with E-state index in [1.54, 1.807) is 0 Å². The Balaban J connectivity index is 0. The van der Waals surface area contributed by atoms with Crippen LogP contribution in [0.25, 0.3) is 0 Å². The van der Waals surface area contributed by atoms with E-state index in [1.807, 2.05) is 13.0 Å². The van der Waals surface area contributed by atoms with Crippen LogP contribution in [0, 0.1) is 5.41 Å². The van der Waals surface area contributed by atoms with Crippen LogP contribution in [0.4, 0.5) is 4.79 Å². The van der Waals surface area contributed by atoms with Crippen molar-refractivity contribution in [3.05, 3.63) is 24.3 Å². The van der Waals surface area contributed by atoms with Crippen molar-refractivity contribution in [3.8, 4) is 0 Å². The first-order valence-electron chi connectivity index (χ1n) is 3.95. The highest BCUT2D eigenvalue weighted by Crippen LogP contribution is 2.23. The second kappa shape index (κ2) is 6.29. The minimum absolute atomic E-state index is 0.229. The van der Waals surface area contributed by atoms with E-state index in [1.165, 1.54) is 5.57 Å². The van der Waals surface area contributed by atoms with E-state index in [0.29, 0.717) is 0 Å². The molecule has 0 saturated heterocycles. The van der Waals surface area contributed by atoms with Crippen molar-refractivity contribution in [1.29, 1.82) is 0 Å². The molecular formula is C10H18O3. The third-order valence-electron chi connectivity index (χ3n) is 1.33. The smallest absolute Gasteiger partial charge is 0.450 e. The molecule has 3 nitrogen and oxygen atoms in total. The minimum atomic E-state index is -1.83. The number of rotatable bonds is 1. The Morgan fingerprint density at radius 3 is 1.69 bits per heavy atom. The molecule has 0 unspecified atom stereocenters. The molecule has 2 N–H and O–H groups in total. The standard InChI is InChI=1S/C9H16.CH2O3/c1-6-7-8(2)9(3,4)5;2-1(3)4/h6-7H,2H2,1,3-5H3;(H2,2,3,4). The lowest BCUT2D eigenvalue weighted by molar-refractivity contribution is 0.137. The van der Waals surface area contributed by atoms with Crippen molar-refractivity contribution < 1.29 is 15.0 Å². The van der Waals surface area contributed by atoms with E-state index in [4.69, 9.17) is 15.0 Å². The molecule has 0 heterocycles. The van der Waals surface area contributed by atoms with E-state index in [0.717, 1.165) is 0 Å². The van der Waals surface area contributed by atoms with Gasteiger partial charge in [0.25, 0.3) is 0 Å². The Morgan fingerprint density at radius 1 is 1.31 bits per heavy atom. The first-order chi connectivity index (χ1) is 5.71. The molecule has 0 amide bonds. The topological polar surface area (TPSA) is 57.5 Å². The molecule has 3 heteroatoms. The average molecular weight is 186 g/mol. The van der Waals surface area contributed by atoms with Gasteiger partial charge in [0, 0.05) is 0 Å². The van der Waals surface area contributed by atoms with E-state index < -0.39 is 6.16 Å². The summed E-state index contributed by atoms with van der Waals surface area (Å²) < 4.78 is 0. The number of hydrogen-bond acceptors (Lipinski definition) is 1. The summed E-state index contributed by atoms with van der Waals surface area (Å²) >= 11 is 0. The van der Waals surface area contributed by atoms with Gasteiger partial charge in [0.2, 0.25) is 0 Å². The zero-order valence-corrected chi connectivity index (χ0v) is 8.66. The highest BCUT2D eigenvalue weighted by atomic mass is 16.6. The van der Waals surface area contributed by atoms with Crippen LogP contribution >= 0.6 is 0 Å². The lowest BCUT2D eigenvalue weighted by Crippen LogP contribution is -2.05. The van der Waals surface area contributed by atoms with Gasteiger partial charge in [-0.15, -0.1) is 0 Å². The fourth-order valence-corrected chi connectivity index (χ4v) is 0.451. The van der Waals surface area contributed by atoms with E-state index >= 15 is 0 Å². The molecule has 0 spiro atoms. The largest absolute Gasteiger partial charge is 0.503 e. The van der Waals surface area contributed by atoms with Gasteiger partial charge in [0.15, 0.2) is 0 Å². The van der Waals surface area contributed by atoms with Gasteiger partial charge in [-0.05, 0) is 12.3 Å². The number of allylic oxidation sites excluding steroid dienone is 3. The lowest BCUT2D eigenvalue weighted by atomic mass is 9.87. The first kappa shape index (κ1) is 14.3. The van der Waals surface area contributed by atoms with Crippen LogP contribution in [0.15, 0.2) is 24.3 Å². The number of carboxylic acid groups (broad SMARTS) is 2. The van der Waals surface area contributed by atoms with E-state index in [-0.39, 0.29) is 5.41 Å². The minimum Gasteiger partial charge on any atom is -0.450 e. The molecule has 0 radical (unpaired) electrons. The summed E-state index contributed by atoms with van der Waals surface area (Å²) in [6.07, 6.45) is 2.24. The summed E-state index contributed by atoms with van der Waals surface area (Å²) in [6, 6.07) is 0. The number of hydrogen-bond donors (Lipinski definition) is 2. The Morgan fingerprint density at radius 2 is 1.62 bits per heavy atom. The van der Waals surface area contributed by atoms with Crippen LogP contribution in [-0.4, -0.2) is 16.4 Å². The summed E-state index contributed by atoms with van der Waals surface area (Å²) in [5.41, 5.74) is 1.41. The van der Waals surface area contributed by atoms with Gasteiger partial charge in [-0.3, -0.25) is 0 Å². The van der Waals surface area contributed by atoms with Crippen LogP contribution in [0.5, 0.6) is 0 Å². The predicted molar refractivity (Wildman–Crippen MR) is 54.1 cm³/mol. The van der Waals surface area contributed by atoms with Crippen molar-refractivity contribution in [3.63, 3.8) is 0 Å². The van der Waals surface area contributed by atoms with E-state index in [2.05, 4.69) is 33.4 Å². The molecule has 0 aliphatic carbocycles. The van der Waals surface area contributed by atoms with Crippen LogP contribution in [0.3, 0.4) is 0 Å². The quantitative estimate of drug-likeness (QED) is 0.617. The van der Waals surface area contributed by atoms with Crippen molar-refractivity contribution >= 4 is 6.16 Å². The third-order valence-corrected chi connectivity index (χ3v) is 1.33. The molecule has 0 fully saturated rings. The van der Waals surface area contributed by atoms with Gasteiger partial charge in [-0.2, -0.15) is 0 Å². The molecule has 0 aromatic rings. The van der Waals surface area contributed by atoms with Gasteiger partial charge in [-0.25, -0.2) is 4.79 Å². The van der Waals surface area contributed by atoms with Crippen molar-refractivity contribution in [2.75, 3.05) is 0 Å². The average Bonchev–Trinajstić information content (AvgIpc) is 1.84. The first-order valence-corrected chi connectivity index (χ1v) is 3.95. The number of carbonyl (C=O) groups is 1. The highest BCUT2D eigenvalue weighted by molar-refractivity contribution is 5.53. The molecule has 0 aromatic carbocycles. The Kier molecular flexibility index (Phi) is 6.91. The van der Waals surface area contributed by atoms with Crippen LogP contribution < -0.4 is 0 Å². The lowest BCUT2D eigenvalue weighted by Gasteiger charge is -2.18. The Bertz CT molecular complexity index is 193. The van der Waals surface area contributed by atoms with Crippen molar-refractivity contribution in [2.24, 2.45) is 5.41 Å². The molecular weight excluding hydrogens is 168 g/mol. The highest BCUT2D eigenvalue weighted by Gasteiger charge is 2.10. The fourth-order valence-electron chi connectivity index (χ4n) is 0.451. The van der Waals surface area contributed by atoms with Gasteiger partial charge in [-0.1, -0.05) is 45.1 Å². The molecule has 76 valence electrons. The van der Waals surface area contributed by atoms with Crippen molar-refractivity contribution in [2.45, 2.75) is 27.7 Å². The molecule has 13 heavy (non-hydrogen) atoms. The SMILES string of the molecule is C=C(C=CC)C(C)(C)C.O=C(O)O. The molecule has 0 saturated carbocycles. The zero-order chi connectivity index (χ0) is 11.1. The summed E-state index contributed by atoms with van der Waals surface area (Å²) in [4.78, 5) is 8.56. The second-order valence-electron chi connectivity index (χ2n) is 3.56. The van der Waals surface area contributed by atoms with E-state index in [9.17, 15) is 0 Å². The summed E-state index contributed by atoms with van der Waals surface area (Å²) in [7, 11) is 0. The van der Waals surface area contributed by atoms with Gasteiger partial charge < -0.3 is 10.2 Å². The normalized spacial score (nSPS) is 10.5. The van der Waals surface area contributed by atoms with Crippen LogP contribution in [0.2, 0.25) is 0 Å². The maximum absolute atomic E-state index is 8.56.